The Morgan fingerprint density at radius 3 is 2.25 bits per heavy atom. The molecule has 8 heavy (non-hydrogen) atoms. The van der Waals surface area contributed by atoms with Crippen LogP contribution in [0.4, 0.5) is 0 Å². The van der Waals surface area contributed by atoms with Crippen molar-refractivity contribution in [1.29, 1.82) is 0 Å². The van der Waals surface area contributed by atoms with E-state index < -0.39 is 0 Å². The van der Waals surface area contributed by atoms with Crippen molar-refractivity contribution >= 4 is 23.5 Å². The summed E-state index contributed by atoms with van der Waals surface area (Å²) in [5.41, 5.74) is 0. The van der Waals surface area contributed by atoms with Gasteiger partial charge in [-0.1, -0.05) is 6.92 Å². The van der Waals surface area contributed by atoms with Crippen LogP contribution in [0.5, 0.6) is 0 Å². The summed E-state index contributed by atoms with van der Waals surface area (Å²) in [6, 6.07) is 0. The van der Waals surface area contributed by atoms with Crippen LogP contribution in [-0.4, -0.2) is 11.5 Å². The van der Waals surface area contributed by atoms with Crippen LogP contribution in [0, 0.1) is 10.5 Å². The molecule has 0 unspecified atom stereocenters. The third-order valence-corrected chi connectivity index (χ3v) is 4.13. The lowest BCUT2D eigenvalue weighted by Gasteiger charge is -2.20. The molecule has 2 heteroatoms. The monoisotopic (exact) mass is 147 g/mol. The van der Waals surface area contributed by atoms with Gasteiger partial charge in [0.25, 0.3) is 0 Å². The van der Waals surface area contributed by atoms with Crippen molar-refractivity contribution in [1.82, 2.24) is 0 Å². The van der Waals surface area contributed by atoms with Crippen LogP contribution in [0.15, 0.2) is 0 Å². The molecule has 0 aromatic heterocycles. The van der Waals surface area contributed by atoms with Crippen molar-refractivity contribution in [3.63, 3.8) is 0 Å². The molecule has 1 rings (SSSR count). The Hall–Kier alpha value is 0.700. The molecule has 0 spiro atoms. The van der Waals surface area contributed by atoms with Crippen LogP contribution in [0.2, 0.25) is 0 Å². The van der Waals surface area contributed by atoms with Crippen molar-refractivity contribution in [3.8, 4) is 0 Å². The second kappa shape index (κ2) is 3.02. The van der Waals surface area contributed by atoms with Crippen LogP contribution in [0.1, 0.15) is 13.8 Å². The van der Waals surface area contributed by atoms with Crippen LogP contribution in [-0.2, 0) is 0 Å². The second-order valence-corrected chi connectivity index (χ2v) is 4.95. The fourth-order valence-electron chi connectivity index (χ4n) is 0.609. The van der Waals surface area contributed by atoms with Gasteiger partial charge in [0.2, 0.25) is 0 Å². The van der Waals surface area contributed by atoms with Crippen molar-refractivity contribution < 1.29 is 0 Å². The second-order valence-electron chi connectivity index (χ2n) is 2.22. The van der Waals surface area contributed by atoms with Crippen molar-refractivity contribution in [2.75, 3.05) is 11.5 Å². The molecule has 1 heterocycles. The molecule has 1 fully saturated rings. The lowest BCUT2D eigenvalue weighted by atomic mass is 10.3. The summed E-state index contributed by atoms with van der Waals surface area (Å²) in [5.74, 6) is 3.59. The van der Waals surface area contributed by atoms with Crippen molar-refractivity contribution in [2.24, 2.45) is 5.92 Å². The number of rotatable bonds is 0. The Labute approximate surface area is 59.8 Å². The van der Waals surface area contributed by atoms with Crippen LogP contribution in [0.25, 0.3) is 0 Å². The summed E-state index contributed by atoms with van der Waals surface area (Å²) in [6.45, 7) is 4.52. The highest BCUT2D eigenvalue weighted by Crippen LogP contribution is 2.38. The van der Waals surface area contributed by atoms with E-state index in [4.69, 9.17) is 0 Å². The molecule has 1 aliphatic rings. The van der Waals surface area contributed by atoms with Gasteiger partial charge in [-0.25, -0.2) is 0 Å². The molecule has 0 amide bonds. The van der Waals surface area contributed by atoms with Crippen molar-refractivity contribution in [2.45, 2.75) is 13.8 Å². The third kappa shape index (κ3) is 1.90. The highest BCUT2D eigenvalue weighted by Gasteiger charge is 2.14. The largest absolute Gasteiger partial charge is 0.142 e. The van der Waals surface area contributed by atoms with E-state index in [9.17, 15) is 0 Å². The van der Waals surface area contributed by atoms with E-state index in [0.29, 0.717) is 0 Å². The van der Waals surface area contributed by atoms with E-state index in [1.807, 2.05) is 23.5 Å². The van der Waals surface area contributed by atoms with Crippen LogP contribution in [0.3, 0.4) is 0 Å². The third-order valence-electron chi connectivity index (χ3n) is 1.14. The first-order valence-electron chi connectivity index (χ1n) is 2.88. The maximum atomic E-state index is 2.31. The summed E-state index contributed by atoms with van der Waals surface area (Å²) in [4.78, 5) is 0. The number of thioether (sulfide) groups is 2. The Kier molecular flexibility index (Phi) is 2.57. The highest BCUT2D eigenvalue weighted by atomic mass is 32.2. The molecule has 0 N–H and O–H groups in total. The average molecular weight is 147 g/mol. The predicted molar refractivity (Wildman–Crippen MR) is 43.0 cm³/mol. The molecular weight excluding hydrogens is 136 g/mol. The average Bonchev–Trinajstić information content (AvgIpc) is 1.77. The van der Waals surface area contributed by atoms with Gasteiger partial charge in [0.1, 0.15) is 0 Å². The van der Waals surface area contributed by atoms with E-state index in [2.05, 4.69) is 13.8 Å². The van der Waals surface area contributed by atoms with Gasteiger partial charge in [-0.2, -0.15) is 0 Å². The summed E-state index contributed by atoms with van der Waals surface area (Å²) >= 11 is 4.01. The van der Waals surface area contributed by atoms with Gasteiger partial charge < -0.3 is 0 Å². The van der Waals surface area contributed by atoms with E-state index in [1.54, 1.807) is 4.58 Å². The maximum absolute atomic E-state index is 2.31. The molecule has 0 aromatic rings. The maximum Gasteiger partial charge on any atom is 0.0817 e. The molecule has 0 nitrogen and oxygen atoms in total. The number of hydrogen-bond acceptors (Lipinski definition) is 2. The van der Waals surface area contributed by atoms with Gasteiger partial charge in [-0.3, -0.25) is 0 Å². The zero-order chi connectivity index (χ0) is 5.98. The Morgan fingerprint density at radius 2 is 1.88 bits per heavy atom. The molecule has 0 aromatic carbocycles. The summed E-state index contributed by atoms with van der Waals surface area (Å²) < 4.78 is 1.54. The van der Waals surface area contributed by atoms with Gasteiger partial charge in [0.15, 0.2) is 0 Å². The first-order chi connectivity index (χ1) is 3.79. The molecule has 1 saturated heterocycles. The molecule has 0 saturated carbocycles. The predicted octanol–water partition coefficient (Wildman–Crippen LogP) is 2.61. The van der Waals surface area contributed by atoms with Crippen LogP contribution >= 0.6 is 23.5 Å². The molecule has 1 aliphatic heterocycles. The first-order valence-corrected chi connectivity index (χ1v) is 4.85. The SMILES string of the molecule is C[C]1SCC(C)CS1. The zero-order valence-corrected chi connectivity index (χ0v) is 6.94. The summed E-state index contributed by atoms with van der Waals surface area (Å²) in [7, 11) is 0. The molecule has 47 valence electrons. The topological polar surface area (TPSA) is 0 Å². The van der Waals surface area contributed by atoms with Gasteiger partial charge >= 0.3 is 0 Å². The molecular formula is C6H11S2. The lowest BCUT2D eigenvalue weighted by Crippen LogP contribution is -2.08. The van der Waals surface area contributed by atoms with Gasteiger partial charge in [-0.05, 0) is 24.3 Å². The normalized spacial score (nSPS) is 26.2. The quantitative estimate of drug-likeness (QED) is 0.516. The Bertz CT molecular complexity index is 54.9. The summed E-state index contributed by atoms with van der Waals surface area (Å²) in [5, 5.41) is 0. The van der Waals surface area contributed by atoms with E-state index in [1.165, 1.54) is 11.5 Å². The lowest BCUT2D eigenvalue weighted by molar-refractivity contribution is 0.761. The molecule has 0 aliphatic carbocycles. The fourth-order valence-corrected chi connectivity index (χ4v) is 2.77. The first kappa shape index (κ1) is 6.81. The summed E-state index contributed by atoms with van der Waals surface area (Å²) in [6.07, 6.45) is 0. The minimum absolute atomic E-state index is 0.925. The van der Waals surface area contributed by atoms with Gasteiger partial charge in [0, 0.05) is 0 Å². The van der Waals surface area contributed by atoms with E-state index >= 15 is 0 Å². The fraction of sp³-hybridized carbons (Fsp3) is 0.833. The Morgan fingerprint density at radius 1 is 1.38 bits per heavy atom. The van der Waals surface area contributed by atoms with E-state index in [-0.39, 0.29) is 0 Å². The standard InChI is InChI=1S/C6H11S2/c1-5-3-7-6(2)8-4-5/h5H,3-4H2,1-2H3. The van der Waals surface area contributed by atoms with Crippen LogP contribution < -0.4 is 0 Å². The van der Waals surface area contributed by atoms with Gasteiger partial charge in [0.05, 0.1) is 4.58 Å². The molecule has 0 bridgehead atoms. The minimum Gasteiger partial charge on any atom is -0.142 e. The smallest absolute Gasteiger partial charge is 0.0817 e. The minimum atomic E-state index is 0.925. The van der Waals surface area contributed by atoms with Crippen molar-refractivity contribution in [3.05, 3.63) is 4.58 Å². The number of hydrogen-bond donors (Lipinski definition) is 0. The molecule has 1 radical (unpaired) electrons. The zero-order valence-electron chi connectivity index (χ0n) is 5.31. The van der Waals surface area contributed by atoms with Gasteiger partial charge in [-0.15, -0.1) is 23.5 Å². The molecule has 0 atom stereocenters. The highest BCUT2D eigenvalue weighted by molar-refractivity contribution is 8.21. The van der Waals surface area contributed by atoms with E-state index in [0.717, 1.165) is 5.92 Å². The Balaban J connectivity index is 2.19.